The van der Waals surface area contributed by atoms with Crippen LogP contribution in [0.1, 0.15) is 0 Å². The Morgan fingerprint density at radius 1 is 0.306 bits per heavy atom. The Balaban J connectivity index is 1.08. The second-order valence-corrected chi connectivity index (χ2v) is 15.6. The molecule has 0 saturated heterocycles. The van der Waals surface area contributed by atoms with Crippen molar-refractivity contribution in [2.45, 2.75) is 0 Å². The SMILES string of the molecule is c1ccc(-c2nc(-c3ccccc3)nc(-n3c4ccccc4c4c3nc3n(-c5ccccc5)c5ccc(-c6ccc7c(c6)c6ccccc6n7-c6ccccc6)cc5n43)n2)cc1. The maximum Gasteiger partial charge on any atom is 0.240 e. The Bertz CT molecular complexity index is 3790. The molecule has 0 aliphatic rings. The van der Waals surface area contributed by atoms with Crippen LogP contribution in [-0.4, -0.2) is 38.0 Å². The topological polar surface area (TPSA) is 70.8 Å². The number of benzene rings is 8. The van der Waals surface area contributed by atoms with Gasteiger partial charge in [0.2, 0.25) is 11.7 Å². The molecule has 0 unspecified atom stereocenters. The van der Waals surface area contributed by atoms with Crippen LogP contribution >= 0.6 is 0 Å². The molecule has 13 rings (SSSR count). The first-order valence-electron chi connectivity index (χ1n) is 20.7. The smallest absolute Gasteiger partial charge is 0.240 e. The summed E-state index contributed by atoms with van der Waals surface area (Å²) in [6.45, 7) is 0. The summed E-state index contributed by atoms with van der Waals surface area (Å²) in [6.07, 6.45) is 0. The summed E-state index contributed by atoms with van der Waals surface area (Å²) < 4.78 is 9.03. The molecule has 8 nitrogen and oxygen atoms in total. The maximum absolute atomic E-state index is 5.54. The molecule has 13 aromatic rings. The zero-order valence-corrected chi connectivity index (χ0v) is 33.2. The van der Waals surface area contributed by atoms with Crippen LogP contribution in [0.5, 0.6) is 0 Å². The van der Waals surface area contributed by atoms with Crippen molar-refractivity contribution in [3.63, 3.8) is 0 Å². The van der Waals surface area contributed by atoms with Gasteiger partial charge in [0.05, 0.1) is 27.6 Å². The van der Waals surface area contributed by atoms with E-state index in [0.717, 1.165) is 72.5 Å². The van der Waals surface area contributed by atoms with Gasteiger partial charge in [-0.1, -0.05) is 146 Å². The van der Waals surface area contributed by atoms with E-state index in [4.69, 9.17) is 19.9 Å². The number of nitrogens with zero attached hydrogens (tertiary/aromatic N) is 8. The molecule has 8 heteroatoms. The summed E-state index contributed by atoms with van der Waals surface area (Å²) in [4.78, 5) is 20.9. The lowest BCUT2D eigenvalue weighted by molar-refractivity contribution is 0.945. The molecule has 0 bridgehead atoms. The fourth-order valence-electron chi connectivity index (χ4n) is 9.27. The molecule has 0 saturated carbocycles. The fourth-order valence-corrected chi connectivity index (χ4v) is 9.27. The molecule has 0 amide bonds. The number of hydrogen-bond acceptors (Lipinski definition) is 4. The molecule has 0 spiro atoms. The van der Waals surface area contributed by atoms with Crippen LogP contribution in [-0.2, 0) is 0 Å². The predicted octanol–water partition coefficient (Wildman–Crippen LogP) is 12.7. The summed E-state index contributed by atoms with van der Waals surface area (Å²) >= 11 is 0. The monoisotopic (exact) mass is 794 g/mol. The average Bonchev–Trinajstić information content (AvgIpc) is 4.07. The molecule has 0 N–H and O–H groups in total. The van der Waals surface area contributed by atoms with Crippen LogP contribution in [0, 0.1) is 0 Å². The van der Waals surface area contributed by atoms with E-state index < -0.39 is 0 Å². The summed E-state index contributed by atoms with van der Waals surface area (Å²) in [6, 6.07) is 72.0. The molecule has 0 aliphatic carbocycles. The van der Waals surface area contributed by atoms with Crippen molar-refractivity contribution < 1.29 is 0 Å². The third-order valence-corrected chi connectivity index (χ3v) is 12.0. The quantitative estimate of drug-likeness (QED) is 0.168. The first kappa shape index (κ1) is 34.3. The van der Waals surface area contributed by atoms with Gasteiger partial charge in [-0.05, 0) is 71.8 Å². The molecular weight excluding hydrogens is 761 g/mol. The number of hydrogen-bond donors (Lipinski definition) is 0. The van der Waals surface area contributed by atoms with E-state index in [-0.39, 0.29) is 0 Å². The molecule has 62 heavy (non-hydrogen) atoms. The molecule has 0 fully saturated rings. The predicted molar refractivity (Wildman–Crippen MR) is 250 cm³/mol. The van der Waals surface area contributed by atoms with Gasteiger partial charge >= 0.3 is 0 Å². The van der Waals surface area contributed by atoms with Crippen molar-refractivity contribution in [2.75, 3.05) is 0 Å². The van der Waals surface area contributed by atoms with Crippen LogP contribution in [0.2, 0.25) is 0 Å². The van der Waals surface area contributed by atoms with E-state index in [2.05, 4.69) is 158 Å². The minimum absolute atomic E-state index is 0.504. The van der Waals surface area contributed by atoms with Gasteiger partial charge in [0.25, 0.3) is 0 Å². The van der Waals surface area contributed by atoms with Crippen LogP contribution in [0.3, 0.4) is 0 Å². The summed E-state index contributed by atoms with van der Waals surface area (Å²) in [7, 11) is 0. The largest absolute Gasteiger partial charge is 0.309 e. The van der Waals surface area contributed by atoms with E-state index in [9.17, 15) is 0 Å². The lowest BCUT2D eigenvalue weighted by Gasteiger charge is -2.10. The van der Waals surface area contributed by atoms with Gasteiger partial charge in [-0.2, -0.15) is 15.0 Å². The Labute approximate surface area is 354 Å². The van der Waals surface area contributed by atoms with Crippen LogP contribution in [0.4, 0.5) is 0 Å². The Kier molecular flexibility index (Phi) is 7.43. The Morgan fingerprint density at radius 2 is 0.806 bits per heavy atom. The first-order valence-corrected chi connectivity index (χ1v) is 20.7. The summed E-state index contributed by atoms with van der Waals surface area (Å²) in [5, 5.41) is 3.48. The van der Waals surface area contributed by atoms with Crippen molar-refractivity contribution in [1.82, 2.24) is 38.0 Å². The number of imidazole rings is 2. The highest BCUT2D eigenvalue weighted by Gasteiger charge is 2.26. The van der Waals surface area contributed by atoms with E-state index in [1.54, 1.807) is 0 Å². The highest BCUT2D eigenvalue weighted by Crippen LogP contribution is 2.40. The van der Waals surface area contributed by atoms with Crippen molar-refractivity contribution in [2.24, 2.45) is 0 Å². The van der Waals surface area contributed by atoms with Gasteiger partial charge < -0.3 is 4.57 Å². The van der Waals surface area contributed by atoms with Crippen molar-refractivity contribution in [1.29, 1.82) is 0 Å². The van der Waals surface area contributed by atoms with Crippen LogP contribution in [0.25, 0.3) is 112 Å². The van der Waals surface area contributed by atoms with E-state index in [0.29, 0.717) is 17.6 Å². The highest BCUT2D eigenvalue weighted by molar-refractivity contribution is 6.12. The molecule has 0 atom stereocenters. The van der Waals surface area contributed by atoms with Crippen molar-refractivity contribution >= 4 is 60.7 Å². The number of para-hydroxylation sites is 4. The number of aromatic nitrogens is 8. The number of rotatable bonds is 6. The molecule has 8 aromatic carbocycles. The lowest BCUT2D eigenvalue weighted by atomic mass is 10.0. The van der Waals surface area contributed by atoms with Crippen molar-refractivity contribution in [3.8, 4) is 51.2 Å². The van der Waals surface area contributed by atoms with Gasteiger partial charge in [0, 0.05) is 38.7 Å². The average molecular weight is 795 g/mol. The first-order chi connectivity index (χ1) is 30.8. The van der Waals surface area contributed by atoms with Crippen LogP contribution in [0.15, 0.2) is 206 Å². The Hall–Kier alpha value is -8.62. The zero-order valence-electron chi connectivity index (χ0n) is 33.2. The molecule has 290 valence electrons. The molecule has 0 radical (unpaired) electrons. The Morgan fingerprint density at radius 3 is 1.45 bits per heavy atom. The lowest BCUT2D eigenvalue weighted by Crippen LogP contribution is -2.06. The third kappa shape index (κ3) is 5.13. The summed E-state index contributed by atoms with van der Waals surface area (Å²) in [5.74, 6) is 2.49. The fraction of sp³-hybridized carbons (Fsp3) is 0. The van der Waals surface area contributed by atoms with Gasteiger partial charge in [0.1, 0.15) is 5.52 Å². The number of fused-ring (bicyclic) bond motifs is 10. The normalized spacial score (nSPS) is 11.9. The second kappa shape index (κ2) is 13.5. The second-order valence-electron chi connectivity index (χ2n) is 15.6. The molecule has 5 aromatic heterocycles. The third-order valence-electron chi connectivity index (χ3n) is 12.0. The van der Waals surface area contributed by atoms with Gasteiger partial charge in [0.15, 0.2) is 17.3 Å². The van der Waals surface area contributed by atoms with E-state index >= 15 is 0 Å². The van der Waals surface area contributed by atoms with Gasteiger partial charge in [-0.25, -0.2) is 4.98 Å². The van der Waals surface area contributed by atoms with Gasteiger partial charge in [-0.3, -0.25) is 13.5 Å². The molecular formula is C54H34N8. The standard InChI is InChI=1S/C54H34N8/c1-5-17-35(18-6-1)50-55-51(36-19-7-2-8-20-36)57-53(56-50)62-45-28-16-14-26-42(45)49-52(62)58-54-60(40-23-11-4-12-24-40)47-32-30-38(34-48(47)61(49)54)37-29-31-46-43(33-37)41-25-13-15-27-44(41)59(46)39-21-9-3-10-22-39/h1-34H. The van der Waals surface area contributed by atoms with E-state index in [1.807, 2.05) is 66.7 Å². The zero-order chi connectivity index (χ0) is 40.7. The van der Waals surface area contributed by atoms with Gasteiger partial charge in [-0.15, -0.1) is 0 Å². The minimum atomic E-state index is 0.504. The molecule has 0 aliphatic heterocycles. The highest BCUT2D eigenvalue weighted by atomic mass is 15.3. The summed E-state index contributed by atoms with van der Waals surface area (Å²) in [5.41, 5.74) is 13.4. The van der Waals surface area contributed by atoms with Crippen LogP contribution < -0.4 is 0 Å². The maximum atomic E-state index is 5.54. The minimum Gasteiger partial charge on any atom is -0.309 e. The van der Waals surface area contributed by atoms with E-state index in [1.165, 1.54) is 21.8 Å². The van der Waals surface area contributed by atoms with Crippen molar-refractivity contribution in [3.05, 3.63) is 206 Å². The molecule has 5 heterocycles.